The Bertz CT molecular complexity index is 5540. The van der Waals surface area contributed by atoms with Crippen LogP contribution < -0.4 is 42.0 Å². The Labute approximate surface area is 690 Å². The fourth-order valence-corrected chi connectivity index (χ4v) is 16.7. The average molecular weight is 1640 g/mol. The molecule has 31 heteroatoms. The molecule has 2 aliphatic carbocycles. The van der Waals surface area contributed by atoms with Crippen LogP contribution in [0.15, 0.2) is 228 Å². The van der Waals surface area contributed by atoms with Gasteiger partial charge in [-0.25, -0.2) is 25.9 Å². The summed E-state index contributed by atoms with van der Waals surface area (Å²) < 4.78 is 65.5. The number of imidazole rings is 1. The van der Waals surface area contributed by atoms with Crippen molar-refractivity contribution in [2.75, 3.05) is 84.6 Å². The average Bonchev–Trinajstić information content (AvgIpc) is 1.46. The summed E-state index contributed by atoms with van der Waals surface area (Å²) in [7, 11) is 2.30. The van der Waals surface area contributed by atoms with Crippen molar-refractivity contribution in [2.24, 2.45) is 0 Å². The predicted octanol–water partition coefficient (Wildman–Crippen LogP) is 12.3. The normalized spacial score (nSPS) is 17.4. The Morgan fingerprint density at radius 3 is 1.82 bits per heavy atom. The zero-order valence-electron chi connectivity index (χ0n) is 65.8. The number of aliphatic hydroxyl groups excluding tert-OH is 1. The number of hydrogen-bond donors (Lipinski definition) is 6. The van der Waals surface area contributed by atoms with Crippen LogP contribution in [0.3, 0.4) is 0 Å². The molecule has 120 heavy (non-hydrogen) atoms. The molecule has 4 aliphatic rings. The van der Waals surface area contributed by atoms with Gasteiger partial charge < -0.3 is 77.5 Å². The van der Waals surface area contributed by atoms with Crippen LogP contribution in [0.5, 0.6) is 11.5 Å². The van der Waals surface area contributed by atoms with E-state index in [0.717, 1.165) is 55.6 Å². The zero-order chi connectivity index (χ0) is 83.2. The molecule has 0 spiro atoms. The van der Waals surface area contributed by atoms with Gasteiger partial charge in [0.15, 0.2) is 11.2 Å². The first kappa shape index (κ1) is 82.3. The van der Waals surface area contributed by atoms with E-state index in [1.54, 1.807) is 45.5 Å². The second-order valence-electron chi connectivity index (χ2n) is 29.0. The number of aromatic amines is 1. The number of nitrogens with one attached hydrogen (secondary N) is 5. The summed E-state index contributed by atoms with van der Waals surface area (Å²) in [5, 5.41) is 22.4. The monoisotopic (exact) mass is 1640 g/mol. The SMILES string of the molecule is [C-]#[N+]CCOP(OC[C@H]1O[C@@H](n2ccc(NC(=O)CCCN(C)C(=O)OCC3c4ccccc4-c4ccccc43)nc2=O)CC1O)OC1C[C@H](n2cnc3c(=O)[nH]c(NC(=O)CCNC(=O)c4ccc(CNC(=O)OCC5c6ccccc6-c6ccccc65)cc4)nc32)O[C@@H]1COC(c1ccccc1)(c1ccc(OC)cc1)c1ccc(OC)cc1. The zero-order valence-corrected chi connectivity index (χ0v) is 66.7. The van der Waals surface area contributed by atoms with E-state index in [1.807, 2.05) is 152 Å². The maximum Gasteiger partial charge on any atom is 0.409 e. The molecule has 30 nitrogen and oxygen atoms in total. The highest BCUT2D eigenvalue weighted by Gasteiger charge is 2.46. The second-order valence-corrected chi connectivity index (χ2v) is 30.2. The summed E-state index contributed by atoms with van der Waals surface area (Å²) in [4.78, 5) is 114. The van der Waals surface area contributed by atoms with E-state index < -0.39 is 92.2 Å². The summed E-state index contributed by atoms with van der Waals surface area (Å²) in [5.41, 5.74) is 9.16. The van der Waals surface area contributed by atoms with Gasteiger partial charge in [0.2, 0.25) is 24.3 Å². The Kier molecular flexibility index (Phi) is 26.0. The Hall–Kier alpha value is -12.8. The molecule has 5 heterocycles. The number of ether oxygens (including phenoxy) is 7. The highest BCUT2D eigenvalue weighted by molar-refractivity contribution is 7.41. The number of fused-ring (bicyclic) bond motifs is 7. The number of methoxy groups -OCH3 is 2. The number of aromatic nitrogens is 6. The first-order valence-electron chi connectivity index (χ1n) is 39.2. The molecule has 11 aromatic rings. The van der Waals surface area contributed by atoms with E-state index in [9.17, 15) is 38.7 Å². The van der Waals surface area contributed by atoms with Gasteiger partial charge in [0.25, 0.3) is 11.5 Å². The van der Waals surface area contributed by atoms with Crippen LogP contribution in [-0.2, 0) is 59.0 Å². The molecule has 3 aromatic heterocycles. The quantitative estimate of drug-likeness (QED) is 0.00944. The fourth-order valence-electron chi connectivity index (χ4n) is 15.5. The first-order valence-corrected chi connectivity index (χ1v) is 40.3. The molecule has 2 fully saturated rings. The number of rotatable bonds is 34. The Morgan fingerprint density at radius 1 is 0.633 bits per heavy atom. The number of hydrogen-bond acceptors (Lipinski definition) is 21. The molecule has 2 saturated heterocycles. The molecule has 8 aromatic carbocycles. The van der Waals surface area contributed by atoms with Gasteiger partial charge in [-0.1, -0.05) is 164 Å². The predicted molar refractivity (Wildman–Crippen MR) is 443 cm³/mol. The van der Waals surface area contributed by atoms with E-state index in [0.29, 0.717) is 28.2 Å². The fraction of sp³-hybridized carbons (Fsp3) is 0.292. The van der Waals surface area contributed by atoms with Crippen LogP contribution in [0.4, 0.5) is 21.4 Å². The summed E-state index contributed by atoms with van der Waals surface area (Å²) in [5.74, 6) is -0.731. The van der Waals surface area contributed by atoms with E-state index >= 15 is 0 Å². The third kappa shape index (κ3) is 18.5. The highest BCUT2D eigenvalue weighted by Crippen LogP contribution is 2.50. The van der Waals surface area contributed by atoms with Gasteiger partial charge in [-0.05, 0) is 116 Å². The third-order valence-electron chi connectivity index (χ3n) is 21.6. The summed E-state index contributed by atoms with van der Waals surface area (Å²) in [6.07, 6.45) is -4.59. The van der Waals surface area contributed by atoms with Gasteiger partial charge in [-0.2, -0.15) is 9.97 Å². The second kappa shape index (κ2) is 37.8. The van der Waals surface area contributed by atoms with Crippen LogP contribution in [0.1, 0.15) is 111 Å². The summed E-state index contributed by atoms with van der Waals surface area (Å²) in [6, 6.07) is 64.9. The van der Waals surface area contributed by atoms with Gasteiger partial charge in [-0.15, -0.1) is 0 Å². The minimum Gasteiger partial charge on any atom is -0.497 e. The number of alkyl carbamates (subject to hydrolysis) is 1. The molecule has 6 N–H and O–H groups in total. The van der Waals surface area contributed by atoms with Crippen molar-refractivity contribution in [1.29, 1.82) is 0 Å². The first-order chi connectivity index (χ1) is 58.5. The van der Waals surface area contributed by atoms with Crippen molar-refractivity contribution < 1.29 is 75.8 Å². The van der Waals surface area contributed by atoms with Crippen molar-refractivity contribution in [1.82, 2.24) is 44.6 Å². The molecular formula is C89H87N12O18P. The van der Waals surface area contributed by atoms with Crippen molar-refractivity contribution in [3.05, 3.63) is 301 Å². The molecule has 0 bridgehead atoms. The molecule has 7 atom stereocenters. The molecule has 616 valence electrons. The summed E-state index contributed by atoms with van der Waals surface area (Å²) in [6.45, 7) is 7.45. The maximum absolute atomic E-state index is 13.9. The maximum atomic E-state index is 13.9. The topological polar surface area (TPSA) is 352 Å². The van der Waals surface area contributed by atoms with Crippen molar-refractivity contribution in [3.63, 3.8) is 0 Å². The summed E-state index contributed by atoms with van der Waals surface area (Å²) >= 11 is 0. The number of amides is 5. The van der Waals surface area contributed by atoms with Crippen LogP contribution >= 0.6 is 8.60 Å². The number of H-pyrrole nitrogens is 1. The lowest BCUT2D eigenvalue weighted by molar-refractivity contribution is -0.117. The molecule has 0 radical (unpaired) electrons. The van der Waals surface area contributed by atoms with Crippen molar-refractivity contribution >= 4 is 61.4 Å². The van der Waals surface area contributed by atoms with Gasteiger partial charge >= 0.3 is 26.5 Å². The number of anilines is 2. The van der Waals surface area contributed by atoms with E-state index in [2.05, 4.69) is 70.3 Å². The van der Waals surface area contributed by atoms with Gasteiger partial charge in [-0.3, -0.25) is 38.6 Å². The molecule has 5 amide bonds. The lowest BCUT2D eigenvalue weighted by atomic mass is 9.80. The lowest BCUT2D eigenvalue weighted by Crippen LogP contribution is -2.38. The minimum atomic E-state index is -2.45. The standard InChI is InChI=1S/C89H87N12O18P/c1-90-43-46-115-120(116-53-74-72(102)47-79(117-74)100-45-41-76(95-86(100)107)94-77(103)27-16-44-99(2)88(109)113-51-71-68-25-14-10-21-64(68)65-22-11-15-26-69(65)71)119-73-48-80(118-75(73)52-114-89(57-17-6-5-7-18-57,58-32-36-60(110-3)37-33-58)59-34-38-61(111-4)39-35-59)101-54-93-81-82(101)97-85(98-84(81)106)96-78(104)40-42-91-83(105)56-30-28-55(29-31-56)49-92-87(108)112-50-70-66-23-12-8-19-62(66)63-20-9-13-24-67(63)70/h5-15,17-26,28-39,41,45,54,70-75,79-80,102H,16,27,40,42-44,46-53H2,2-4H3,(H,91,105)(H,92,108)(H,94,95,103,107)(H2,96,97,98,104,106)/t72?,73?,74-,75-,79-,80-,120?/m1/s1. The largest absolute Gasteiger partial charge is 0.497 e. The van der Waals surface area contributed by atoms with E-state index in [1.165, 1.54) is 32.6 Å². The Morgan fingerprint density at radius 2 is 1.21 bits per heavy atom. The molecule has 3 unspecified atom stereocenters. The van der Waals surface area contributed by atoms with Crippen LogP contribution in [-0.4, -0.2) is 167 Å². The van der Waals surface area contributed by atoms with Gasteiger partial charge in [0.1, 0.15) is 67.4 Å². The molecule has 2 aliphatic heterocycles. The third-order valence-corrected chi connectivity index (χ3v) is 22.8. The molecular weight excluding hydrogens is 1560 g/mol. The number of carbonyl (C=O) groups excluding carboxylic acids is 5. The molecule has 15 rings (SSSR count). The minimum absolute atomic E-state index is 0.00280. The van der Waals surface area contributed by atoms with Crippen LogP contribution in [0, 0.1) is 6.57 Å². The number of aliphatic hydroxyl groups is 1. The molecule has 0 saturated carbocycles. The number of benzene rings is 8. The van der Waals surface area contributed by atoms with Crippen LogP contribution in [0.2, 0.25) is 0 Å². The van der Waals surface area contributed by atoms with E-state index in [4.69, 9.17) is 53.3 Å². The lowest BCUT2D eigenvalue weighted by Gasteiger charge is -2.37. The number of nitrogens with zero attached hydrogens (tertiary/aromatic N) is 7. The van der Waals surface area contributed by atoms with E-state index in [-0.39, 0.29) is 126 Å². The van der Waals surface area contributed by atoms with Crippen molar-refractivity contribution in [3.8, 4) is 33.8 Å². The Balaban J connectivity index is 0.591. The van der Waals surface area contributed by atoms with Gasteiger partial charge in [0.05, 0.1) is 46.0 Å². The number of carbonyl (C=O) groups is 5. The highest BCUT2D eigenvalue weighted by atomic mass is 31.2. The van der Waals surface area contributed by atoms with Crippen molar-refractivity contribution in [2.45, 2.75) is 93.0 Å². The van der Waals surface area contributed by atoms with Gasteiger partial charge in [0, 0.05) is 76.0 Å². The smallest absolute Gasteiger partial charge is 0.409 e. The van der Waals surface area contributed by atoms with Crippen LogP contribution in [0.25, 0.3) is 38.3 Å².